The maximum absolute atomic E-state index is 13.0. The van der Waals surface area contributed by atoms with Gasteiger partial charge in [0.2, 0.25) is 5.78 Å². The van der Waals surface area contributed by atoms with Crippen molar-refractivity contribution in [2.24, 2.45) is 22.7 Å². The normalized spacial score (nSPS) is 50.6. The Labute approximate surface area is 175 Å². The third kappa shape index (κ3) is 2.18. The number of hydrogen-bond donors (Lipinski definition) is 2. The van der Waals surface area contributed by atoms with Gasteiger partial charge in [0.05, 0.1) is 12.2 Å². The van der Waals surface area contributed by atoms with Gasteiger partial charge in [0.1, 0.15) is 11.2 Å². The van der Waals surface area contributed by atoms with E-state index in [2.05, 4.69) is 6.92 Å². The second-order valence-electron chi connectivity index (χ2n) is 10.2. The Morgan fingerprint density at radius 1 is 1.30 bits per heavy atom. The highest BCUT2D eigenvalue weighted by Gasteiger charge is 2.86. The Morgan fingerprint density at radius 2 is 2.03 bits per heavy atom. The van der Waals surface area contributed by atoms with Crippen molar-refractivity contribution >= 4 is 17.5 Å². The predicted octanol–water partition coefficient (Wildman–Crippen LogP) is 1.26. The van der Waals surface area contributed by atoms with Crippen LogP contribution < -0.4 is 0 Å². The summed E-state index contributed by atoms with van der Waals surface area (Å²) >= 11 is 0. The molecule has 0 aromatic carbocycles. The SMILES string of the molecule is CC(=O)OCC(=O)C1(O)CC2OC23C2C=CC4=CC(=O)CCC4(C)C2C(O)CC13C. The lowest BCUT2D eigenvalue weighted by atomic mass is 9.46. The second-order valence-corrected chi connectivity index (χ2v) is 10.2. The standard InChI is InChI=1S/C23H28O7/c1-12(24)29-11-17(27)22(28)10-18-23(30-18)15-5-4-13-8-14(25)6-7-20(13,2)19(15)16(26)9-21(22,23)3/h4-5,8,15-16,18-19,26,28H,6-7,9-11H2,1-3H3. The number of carbonyl (C=O) groups excluding carboxylic acids is 3. The molecule has 0 aromatic rings. The van der Waals surface area contributed by atoms with E-state index in [9.17, 15) is 24.6 Å². The third-order valence-electron chi connectivity index (χ3n) is 8.88. The van der Waals surface area contributed by atoms with E-state index in [1.165, 1.54) is 6.92 Å². The average molecular weight is 416 g/mol. The van der Waals surface area contributed by atoms with Crippen molar-refractivity contribution in [2.75, 3.05) is 6.61 Å². The molecule has 7 nitrogen and oxygen atoms in total. The van der Waals surface area contributed by atoms with Gasteiger partial charge < -0.3 is 19.7 Å². The van der Waals surface area contributed by atoms with Gasteiger partial charge >= 0.3 is 5.97 Å². The quantitative estimate of drug-likeness (QED) is 0.526. The lowest BCUT2D eigenvalue weighted by Gasteiger charge is -2.59. The molecule has 0 bridgehead atoms. The van der Waals surface area contributed by atoms with Crippen LogP contribution in [0.5, 0.6) is 0 Å². The highest BCUT2D eigenvalue weighted by atomic mass is 16.6. The summed E-state index contributed by atoms with van der Waals surface area (Å²) in [7, 11) is 0. The van der Waals surface area contributed by atoms with Crippen LogP contribution in [0.2, 0.25) is 0 Å². The van der Waals surface area contributed by atoms with Crippen LogP contribution in [-0.2, 0) is 23.9 Å². The fourth-order valence-electron chi connectivity index (χ4n) is 7.27. The van der Waals surface area contributed by atoms with Gasteiger partial charge in [-0.3, -0.25) is 14.4 Å². The molecular weight excluding hydrogens is 388 g/mol. The molecule has 5 aliphatic rings. The molecule has 0 aromatic heterocycles. The van der Waals surface area contributed by atoms with Crippen LogP contribution in [0.1, 0.15) is 46.5 Å². The van der Waals surface area contributed by atoms with E-state index in [1.807, 2.05) is 19.1 Å². The van der Waals surface area contributed by atoms with Gasteiger partial charge in [0, 0.05) is 37.0 Å². The largest absolute Gasteiger partial charge is 0.458 e. The molecule has 1 spiro atoms. The summed E-state index contributed by atoms with van der Waals surface area (Å²) in [5.41, 5.74) is -2.90. The first-order valence-electron chi connectivity index (χ1n) is 10.7. The van der Waals surface area contributed by atoms with Crippen molar-refractivity contribution in [3.05, 3.63) is 23.8 Å². The first kappa shape index (κ1) is 20.1. The van der Waals surface area contributed by atoms with E-state index in [0.29, 0.717) is 12.8 Å². The molecule has 3 fully saturated rings. The first-order valence-corrected chi connectivity index (χ1v) is 10.7. The first-order chi connectivity index (χ1) is 14.0. The third-order valence-corrected chi connectivity index (χ3v) is 8.88. The molecule has 8 atom stereocenters. The smallest absolute Gasteiger partial charge is 0.303 e. The minimum Gasteiger partial charge on any atom is -0.458 e. The monoisotopic (exact) mass is 416 g/mol. The van der Waals surface area contributed by atoms with Crippen LogP contribution in [0, 0.1) is 22.7 Å². The van der Waals surface area contributed by atoms with Crippen molar-refractivity contribution in [3.63, 3.8) is 0 Å². The molecule has 4 aliphatic carbocycles. The van der Waals surface area contributed by atoms with E-state index in [4.69, 9.17) is 9.47 Å². The highest BCUT2D eigenvalue weighted by Crippen LogP contribution is 2.76. The number of aliphatic hydroxyl groups excluding tert-OH is 1. The minimum absolute atomic E-state index is 0.103. The average Bonchev–Trinajstić information content (AvgIpc) is 3.34. The van der Waals surface area contributed by atoms with Gasteiger partial charge in [0.15, 0.2) is 12.4 Å². The number of allylic oxidation sites excluding steroid dienone is 3. The van der Waals surface area contributed by atoms with Crippen molar-refractivity contribution in [1.82, 2.24) is 0 Å². The molecule has 0 radical (unpaired) electrons. The number of Topliss-reactive ketones (excluding diaryl/α,β-unsaturated/α-hetero) is 1. The van der Waals surface area contributed by atoms with E-state index < -0.39 is 41.1 Å². The summed E-state index contributed by atoms with van der Waals surface area (Å²) in [5.74, 6) is -1.36. The van der Waals surface area contributed by atoms with Gasteiger partial charge in [0.25, 0.3) is 0 Å². The molecule has 1 aliphatic heterocycles. The second kappa shape index (κ2) is 5.90. The molecule has 5 rings (SSSR count). The van der Waals surface area contributed by atoms with Crippen LogP contribution in [0.15, 0.2) is 23.8 Å². The Balaban J connectivity index is 1.56. The molecule has 162 valence electrons. The molecule has 1 saturated heterocycles. The van der Waals surface area contributed by atoms with Crippen LogP contribution in [0.4, 0.5) is 0 Å². The van der Waals surface area contributed by atoms with Gasteiger partial charge in [-0.1, -0.05) is 26.0 Å². The van der Waals surface area contributed by atoms with Crippen molar-refractivity contribution in [2.45, 2.75) is 69.9 Å². The fraction of sp³-hybridized carbons (Fsp3) is 0.696. The van der Waals surface area contributed by atoms with Gasteiger partial charge in [-0.25, -0.2) is 0 Å². The van der Waals surface area contributed by atoms with Crippen LogP contribution >= 0.6 is 0 Å². The van der Waals surface area contributed by atoms with E-state index in [-0.39, 0.29) is 42.0 Å². The zero-order chi connectivity index (χ0) is 21.7. The topological polar surface area (TPSA) is 113 Å². The molecule has 7 heteroatoms. The number of esters is 1. The number of aliphatic hydroxyl groups is 2. The molecule has 0 amide bonds. The number of hydrogen-bond acceptors (Lipinski definition) is 7. The lowest BCUT2D eigenvalue weighted by molar-refractivity contribution is -0.196. The zero-order valence-corrected chi connectivity index (χ0v) is 17.5. The minimum atomic E-state index is -1.73. The maximum atomic E-state index is 13.0. The number of ether oxygens (including phenoxy) is 2. The number of carbonyl (C=O) groups is 3. The number of rotatable bonds is 3. The van der Waals surface area contributed by atoms with Crippen molar-refractivity contribution < 1.29 is 34.1 Å². The van der Waals surface area contributed by atoms with Crippen LogP contribution in [-0.4, -0.2) is 57.8 Å². The van der Waals surface area contributed by atoms with Gasteiger partial charge in [-0.05, 0) is 29.9 Å². The molecule has 1 heterocycles. The number of ketones is 2. The number of fused-ring (bicyclic) bond motifs is 3. The van der Waals surface area contributed by atoms with Crippen LogP contribution in [0.25, 0.3) is 0 Å². The Hall–Kier alpha value is -1.83. The summed E-state index contributed by atoms with van der Waals surface area (Å²) in [6.45, 7) is 4.64. The molecular formula is C23H28O7. The number of epoxide rings is 1. The fourth-order valence-corrected chi connectivity index (χ4v) is 7.27. The van der Waals surface area contributed by atoms with E-state index >= 15 is 0 Å². The Kier molecular flexibility index (Phi) is 3.95. The van der Waals surface area contributed by atoms with E-state index in [1.54, 1.807) is 6.08 Å². The predicted molar refractivity (Wildman–Crippen MR) is 104 cm³/mol. The zero-order valence-electron chi connectivity index (χ0n) is 17.5. The summed E-state index contributed by atoms with van der Waals surface area (Å²) < 4.78 is 11.1. The molecule has 30 heavy (non-hydrogen) atoms. The summed E-state index contributed by atoms with van der Waals surface area (Å²) in [5, 5.41) is 22.9. The molecule has 2 saturated carbocycles. The summed E-state index contributed by atoms with van der Waals surface area (Å²) in [4.78, 5) is 36.1. The lowest BCUT2D eigenvalue weighted by Crippen LogP contribution is -2.66. The maximum Gasteiger partial charge on any atom is 0.303 e. The van der Waals surface area contributed by atoms with Crippen LogP contribution in [0.3, 0.4) is 0 Å². The highest BCUT2D eigenvalue weighted by molar-refractivity contribution is 5.93. The summed E-state index contributed by atoms with van der Waals surface area (Å²) in [6.07, 6.45) is 6.03. The van der Waals surface area contributed by atoms with Crippen molar-refractivity contribution in [1.29, 1.82) is 0 Å². The van der Waals surface area contributed by atoms with Gasteiger partial charge in [-0.15, -0.1) is 0 Å². The van der Waals surface area contributed by atoms with Gasteiger partial charge in [-0.2, -0.15) is 0 Å². The Bertz CT molecular complexity index is 921. The van der Waals surface area contributed by atoms with E-state index in [0.717, 1.165) is 5.57 Å². The summed E-state index contributed by atoms with van der Waals surface area (Å²) in [6, 6.07) is 0. The van der Waals surface area contributed by atoms with Crippen molar-refractivity contribution in [3.8, 4) is 0 Å². The molecule has 8 unspecified atom stereocenters. The molecule has 2 N–H and O–H groups in total. The Morgan fingerprint density at radius 3 is 2.73 bits per heavy atom.